The highest BCUT2D eigenvalue weighted by Gasteiger charge is 2.27. The molecule has 5 nitrogen and oxygen atoms in total. The summed E-state index contributed by atoms with van der Waals surface area (Å²) in [4.78, 5) is 12.9. The maximum absolute atomic E-state index is 12.9. The summed E-state index contributed by atoms with van der Waals surface area (Å²) in [5, 5.41) is 19.9. The van der Waals surface area contributed by atoms with Crippen LogP contribution in [-0.4, -0.2) is 32.1 Å². The van der Waals surface area contributed by atoms with Crippen LogP contribution in [0.4, 0.5) is 0 Å². The quantitative estimate of drug-likeness (QED) is 0.754. The molecule has 3 aromatic rings. The molecule has 5 heteroatoms. The summed E-state index contributed by atoms with van der Waals surface area (Å²) in [5.74, 6) is 0. The van der Waals surface area contributed by atoms with Gasteiger partial charge in [0.05, 0.1) is 23.7 Å². The predicted molar refractivity (Wildman–Crippen MR) is 89.5 cm³/mol. The highest BCUT2D eigenvalue weighted by Crippen LogP contribution is 2.25. The van der Waals surface area contributed by atoms with Gasteiger partial charge in [-0.3, -0.25) is 9.13 Å². The SMILES string of the molecule is CCn1c(=O)n([C@@H](c2ccccc2)[C@H](O)CO)c2ccccc21. The Labute approximate surface area is 134 Å². The van der Waals surface area contributed by atoms with Crippen molar-refractivity contribution >= 4 is 11.0 Å². The topological polar surface area (TPSA) is 67.4 Å². The molecule has 2 aromatic carbocycles. The number of fused-ring (bicyclic) bond motifs is 1. The zero-order valence-electron chi connectivity index (χ0n) is 13.0. The molecule has 2 atom stereocenters. The summed E-state index contributed by atoms with van der Waals surface area (Å²) in [6.07, 6.45) is -1.06. The summed E-state index contributed by atoms with van der Waals surface area (Å²) in [7, 11) is 0. The van der Waals surface area contributed by atoms with Gasteiger partial charge in [0.25, 0.3) is 0 Å². The molecular formula is C18H20N2O3. The number of imidazole rings is 1. The maximum atomic E-state index is 12.9. The maximum Gasteiger partial charge on any atom is 0.329 e. The third-order valence-electron chi connectivity index (χ3n) is 4.16. The first kappa shape index (κ1) is 15.5. The molecular weight excluding hydrogens is 292 g/mol. The second-order valence-electron chi connectivity index (χ2n) is 5.49. The van der Waals surface area contributed by atoms with E-state index in [1.807, 2.05) is 61.5 Å². The fourth-order valence-corrected chi connectivity index (χ4v) is 3.10. The second-order valence-corrected chi connectivity index (χ2v) is 5.49. The Hall–Kier alpha value is -2.37. The Kier molecular flexibility index (Phi) is 4.32. The summed E-state index contributed by atoms with van der Waals surface area (Å²) < 4.78 is 3.25. The van der Waals surface area contributed by atoms with Crippen LogP contribution in [0.25, 0.3) is 11.0 Å². The van der Waals surface area contributed by atoms with E-state index in [9.17, 15) is 15.0 Å². The van der Waals surface area contributed by atoms with Gasteiger partial charge < -0.3 is 10.2 Å². The van der Waals surface area contributed by atoms with Crippen molar-refractivity contribution < 1.29 is 10.2 Å². The van der Waals surface area contributed by atoms with Crippen LogP contribution < -0.4 is 5.69 Å². The smallest absolute Gasteiger partial charge is 0.329 e. The van der Waals surface area contributed by atoms with Crippen molar-refractivity contribution in [2.24, 2.45) is 0 Å². The first-order valence-corrected chi connectivity index (χ1v) is 7.72. The van der Waals surface area contributed by atoms with Crippen molar-refractivity contribution in [1.82, 2.24) is 9.13 Å². The molecule has 0 bridgehead atoms. The molecule has 0 saturated heterocycles. The van der Waals surface area contributed by atoms with E-state index in [0.29, 0.717) is 6.54 Å². The largest absolute Gasteiger partial charge is 0.394 e. The minimum atomic E-state index is -1.06. The Bertz CT molecular complexity index is 852. The van der Waals surface area contributed by atoms with Crippen molar-refractivity contribution in [3.8, 4) is 0 Å². The lowest BCUT2D eigenvalue weighted by molar-refractivity contribution is 0.0641. The number of hydrogen-bond acceptors (Lipinski definition) is 3. The summed E-state index contributed by atoms with van der Waals surface area (Å²) in [6.45, 7) is 2.04. The molecule has 0 aliphatic heterocycles. The Morgan fingerprint density at radius 3 is 2.22 bits per heavy atom. The van der Waals surface area contributed by atoms with Crippen molar-refractivity contribution in [3.05, 3.63) is 70.6 Å². The average Bonchev–Trinajstić information content (AvgIpc) is 2.88. The number of aliphatic hydroxyl groups excluding tert-OH is 2. The van der Waals surface area contributed by atoms with Gasteiger partial charge in [-0.05, 0) is 24.6 Å². The standard InChI is InChI=1S/C18H20N2O3/c1-2-19-14-10-6-7-11-15(14)20(18(19)23)17(16(22)12-21)13-8-4-3-5-9-13/h3-11,16-17,21-22H,2,12H2,1H3/t16-,17+/m1/s1. The molecule has 0 saturated carbocycles. The molecule has 23 heavy (non-hydrogen) atoms. The fourth-order valence-electron chi connectivity index (χ4n) is 3.10. The zero-order chi connectivity index (χ0) is 16.4. The molecule has 0 unspecified atom stereocenters. The number of aliphatic hydroxyl groups is 2. The van der Waals surface area contributed by atoms with Gasteiger partial charge in [-0.25, -0.2) is 4.79 Å². The first-order chi connectivity index (χ1) is 11.2. The molecule has 3 rings (SSSR count). The monoisotopic (exact) mass is 312 g/mol. The molecule has 0 amide bonds. The molecule has 0 radical (unpaired) electrons. The van der Waals surface area contributed by atoms with Crippen molar-refractivity contribution in [3.63, 3.8) is 0 Å². The molecule has 0 aliphatic rings. The van der Waals surface area contributed by atoms with Crippen LogP contribution in [0, 0.1) is 0 Å². The summed E-state index contributed by atoms with van der Waals surface area (Å²) in [6, 6.07) is 16.2. The number of para-hydroxylation sites is 2. The van der Waals surface area contributed by atoms with Crippen LogP contribution >= 0.6 is 0 Å². The fraction of sp³-hybridized carbons (Fsp3) is 0.278. The van der Waals surface area contributed by atoms with Crippen molar-refractivity contribution in [2.45, 2.75) is 25.6 Å². The van der Waals surface area contributed by atoms with Crippen LogP contribution in [0.3, 0.4) is 0 Å². The average molecular weight is 312 g/mol. The second kappa shape index (κ2) is 6.40. The third kappa shape index (κ3) is 2.58. The van der Waals surface area contributed by atoms with E-state index >= 15 is 0 Å². The van der Waals surface area contributed by atoms with E-state index in [2.05, 4.69) is 0 Å². The van der Waals surface area contributed by atoms with E-state index in [1.165, 1.54) is 0 Å². The Morgan fingerprint density at radius 1 is 1.00 bits per heavy atom. The van der Waals surface area contributed by atoms with Gasteiger partial charge >= 0.3 is 5.69 Å². The molecule has 120 valence electrons. The number of aryl methyl sites for hydroxylation is 1. The van der Waals surface area contributed by atoms with Crippen molar-refractivity contribution in [1.29, 1.82) is 0 Å². The minimum Gasteiger partial charge on any atom is -0.394 e. The van der Waals surface area contributed by atoms with E-state index in [4.69, 9.17) is 0 Å². The lowest BCUT2D eigenvalue weighted by atomic mass is 10.0. The Balaban J connectivity index is 2.31. The molecule has 1 aromatic heterocycles. The molecule has 0 aliphatic carbocycles. The highest BCUT2D eigenvalue weighted by atomic mass is 16.3. The van der Waals surface area contributed by atoms with E-state index < -0.39 is 18.8 Å². The van der Waals surface area contributed by atoms with Crippen LogP contribution in [0.15, 0.2) is 59.4 Å². The summed E-state index contributed by atoms with van der Waals surface area (Å²) in [5.41, 5.74) is 2.18. The van der Waals surface area contributed by atoms with Gasteiger partial charge in [0, 0.05) is 6.54 Å². The Morgan fingerprint density at radius 2 is 1.61 bits per heavy atom. The van der Waals surface area contributed by atoms with Gasteiger partial charge in [-0.1, -0.05) is 42.5 Å². The van der Waals surface area contributed by atoms with Crippen molar-refractivity contribution in [2.75, 3.05) is 6.61 Å². The number of rotatable bonds is 5. The minimum absolute atomic E-state index is 0.185. The molecule has 0 fully saturated rings. The molecule has 0 spiro atoms. The third-order valence-corrected chi connectivity index (χ3v) is 4.16. The normalized spacial score (nSPS) is 14.0. The van der Waals surface area contributed by atoms with Gasteiger partial charge in [0.15, 0.2) is 0 Å². The molecule has 2 N–H and O–H groups in total. The van der Waals surface area contributed by atoms with Crippen LogP contribution in [0.1, 0.15) is 18.5 Å². The zero-order valence-corrected chi connectivity index (χ0v) is 13.0. The molecule has 1 heterocycles. The number of aromatic nitrogens is 2. The van der Waals surface area contributed by atoms with Gasteiger partial charge in [0.2, 0.25) is 0 Å². The number of nitrogens with zero attached hydrogens (tertiary/aromatic N) is 2. The lowest BCUT2D eigenvalue weighted by Crippen LogP contribution is -2.35. The van der Waals surface area contributed by atoms with Crippen LogP contribution in [-0.2, 0) is 6.54 Å². The van der Waals surface area contributed by atoms with Gasteiger partial charge in [-0.2, -0.15) is 0 Å². The number of benzene rings is 2. The van der Waals surface area contributed by atoms with Gasteiger partial charge in [-0.15, -0.1) is 0 Å². The van der Waals surface area contributed by atoms with E-state index in [-0.39, 0.29) is 5.69 Å². The highest BCUT2D eigenvalue weighted by molar-refractivity contribution is 5.76. The van der Waals surface area contributed by atoms with E-state index in [1.54, 1.807) is 9.13 Å². The van der Waals surface area contributed by atoms with E-state index in [0.717, 1.165) is 16.6 Å². The predicted octanol–water partition coefficient (Wildman–Crippen LogP) is 1.77. The number of hydrogen-bond donors (Lipinski definition) is 2. The summed E-state index contributed by atoms with van der Waals surface area (Å²) >= 11 is 0. The van der Waals surface area contributed by atoms with Gasteiger partial charge in [0.1, 0.15) is 6.10 Å². The first-order valence-electron chi connectivity index (χ1n) is 7.72. The van der Waals surface area contributed by atoms with Crippen LogP contribution in [0.5, 0.6) is 0 Å². The van der Waals surface area contributed by atoms with Crippen LogP contribution in [0.2, 0.25) is 0 Å². The lowest BCUT2D eigenvalue weighted by Gasteiger charge is -2.23.